The standard InChI is InChI=1S/C6H11FN2O/c7-5-1-2-9(3-5)4-6(8)10/h5H,1-4H2,(H2,8,10)/t5-/m1/s1. The summed E-state index contributed by atoms with van der Waals surface area (Å²) in [7, 11) is 0. The third-order valence-corrected chi connectivity index (χ3v) is 1.59. The summed E-state index contributed by atoms with van der Waals surface area (Å²) < 4.78 is 12.4. The summed E-state index contributed by atoms with van der Waals surface area (Å²) in [6, 6.07) is 0. The summed E-state index contributed by atoms with van der Waals surface area (Å²) in [5.74, 6) is -0.380. The second-order valence-electron chi connectivity index (χ2n) is 2.59. The molecule has 0 spiro atoms. The van der Waals surface area contributed by atoms with E-state index >= 15 is 0 Å². The number of hydrogen-bond donors (Lipinski definition) is 1. The third kappa shape index (κ3) is 1.95. The lowest BCUT2D eigenvalue weighted by Gasteiger charge is -2.10. The topological polar surface area (TPSA) is 46.3 Å². The molecule has 1 aliphatic heterocycles. The number of nitrogens with two attached hydrogens (primary N) is 1. The van der Waals surface area contributed by atoms with E-state index in [2.05, 4.69) is 0 Å². The van der Waals surface area contributed by atoms with Crippen LogP contribution in [0.4, 0.5) is 4.39 Å². The molecule has 1 rings (SSSR count). The summed E-state index contributed by atoms with van der Waals surface area (Å²) >= 11 is 0. The van der Waals surface area contributed by atoms with Crippen molar-refractivity contribution >= 4 is 5.91 Å². The predicted octanol–water partition coefficient (Wildman–Crippen LogP) is -0.484. The lowest BCUT2D eigenvalue weighted by Crippen LogP contribution is -2.32. The molecule has 4 heteroatoms. The van der Waals surface area contributed by atoms with E-state index in [4.69, 9.17) is 5.73 Å². The SMILES string of the molecule is NC(=O)CN1CC[C@@H](F)C1. The van der Waals surface area contributed by atoms with Crippen LogP contribution in [0.3, 0.4) is 0 Å². The van der Waals surface area contributed by atoms with Crippen molar-refractivity contribution in [3.8, 4) is 0 Å². The van der Waals surface area contributed by atoms with Crippen molar-refractivity contribution < 1.29 is 9.18 Å². The molecule has 0 aromatic rings. The Morgan fingerprint density at radius 1 is 1.80 bits per heavy atom. The number of hydrogen-bond acceptors (Lipinski definition) is 2. The van der Waals surface area contributed by atoms with Crippen LogP contribution < -0.4 is 5.73 Å². The third-order valence-electron chi connectivity index (χ3n) is 1.59. The molecule has 1 heterocycles. The average molecular weight is 146 g/mol. The van der Waals surface area contributed by atoms with Crippen LogP contribution in [-0.2, 0) is 4.79 Å². The quantitative estimate of drug-likeness (QED) is 0.571. The van der Waals surface area contributed by atoms with Gasteiger partial charge < -0.3 is 5.73 Å². The van der Waals surface area contributed by atoms with Crippen molar-refractivity contribution in [3.05, 3.63) is 0 Å². The zero-order valence-electron chi connectivity index (χ0n) is 5.72. The van der Waals surface area contributed by atoms with Gasteiger partial charge in [-0.05, 0) is 6.42 Å². The van der Waals surface area contributed by atoms with E-state index in [0.29, 0.717) is 19.5 Å². The molecule has 1 atom stereocenters. The Hall–Kier alpha value is -0.640. The predicted molar refractivity (Wildman–Crippen MR) is 35.1 cm³/mol. The van der Waals surface area contributed by atoms with E-state index in [1.54, 1.807) is 4.90 Å². The highest BCUT2D eigenvalue weighted by molar-refractivity contribution is 5.75. The lowest BCUT2D eigenvalue weighted by molar-refractivity contribution is -0.118. The van der Waals surface area contributed by atoms with Crippen LogP contribution in [0.1, 0.15) is 6.42 Å². The number of halogens is 1. The van der Waals surface area contributed by atoms with Crippen LogP contribution >= 0.6 is 0 Å². The first-order chi connectivity index (χ1) is 4.68. The van der Waals surface area contributed by atoms with E-state index in [1.807, 2.05) is 0 Å². The number of nitrogens with zero attached hydrogens (tertiary/aromatic N) is 1. The molecule has 10 heavy (non-hydrogen) atoms. The second kappa shape index (κ2) is 2.96. The van der Waals surface area contributed by atoms with Gasteiger partial charge >= 0.3 is 0 Å². The summed E-state index contributed by atoms with van der Waals surface area (Å²) in [6.45, 7) is 1.22. The minimum atomic E-state index is -0.764. The molecule has 0 aromatic carbocycles. The Labute approximate surface area is 59.0 Å². The van der Waals surface area contributed by atoms with Gasteiger partial charge in [-0.2, -0.15) is 0 Å². The fraction of sp³-hybridized carbons (Fsp3) is 0.833. The number of rotatable bonds is 2. The Bertz CT molecular complexity index is 140. The molecule has 1 fully saturated rings. The minimum Gasteiger partial charge on any atom is -0.369 e. The van der Waals surface area contributed by atoms with Gasteiger partial charge in [-0.3, -0.25) is 9.69 Å². The number of primary amides is 1. The number of carbonyl (C=O) groups excluding carboxylic acids is 1. The highest BCUT2D eigenvalue weighted by atomic mass is 19.1. The largest absolute Gasteiger partial charge is 0.369 e. The molecule has 58 valence electrons. The maximum Gasteiger partial charge on any atom is 0.231 e. The molecule has 1 saturated heterocycles. The molecule has 0 unspecified atom stereocenters. The first-order valence-electron chi connectivity index (χ1n) is 3.33. The van der Waals surface area contributed by atoms with E-state index in [-0.39, 0.29) is 12.5 Å². The number of amides is 1. The van der Waals surface area contributed by atoms with Gasteiger partial charge in [0.1, 0.15) is 6.17 Å². The summed E-state index contributed by atoms with van der Waals surface area (Å²) in [6.07, 6.45) is -0.229. The Balaban J connectivity index is 2.24. The van der Waals surface area contributed by atoms with E-state index in [9.17, 15) is 9.18 Å². The van der Waals surface area contributed by atoms with Gasteiger partial charge in [-0.1, -0.05) is 0 Å². The van der Waals surface area contributed by atoms with Gasteiger partial charge in [-0.15, -0.1) is 0 Å². The Kier molecular flexibility index (Phi) is 2.21. The number of carbonyl (C=O) groups is 1. The average Bonchev–Trinajstić information content (AvgIpc) is 2.13. The summed E-state index contributed by atoms with van der Waals surface area (Å²) in [4.78, 5) is 12.0. The van der Waals surface area contributed by atoms with Gasteiger partial charge in [0.15, 0.2) is 0 Å². The molecule has 0 radical (unpaired) electrons. The highest BCUT2D eigenvalue weighted by Gasteiger charge is 2.22. The Morgan fingerprint density at radius 2 is 2.50 bits per heavy atom. The van der Waals surface area contributed by atoms with E-state index < -0.39 is 6.17 Å². The number of alkyl halides is 1. The molecule has 0 bridgehead atoms. The maximum absolute atomic E-state index is 12.4. The summed E-state index contributed by atoms with van der Waals surface area (Å²) in [5.41, 5.74) is 4.91. The molecular formula is C6H11FN2O. The van der Waals surface area contributed by atoms with E-state index in [1.165, 1.54) is 0 Å². The highest BCUT2D eigenvalue weighted by Crippen LogP contribution is 2.10. The fourth-order valence-corrected chi connectivity index (χ4v) is 1.15. The molecule has 0 aromatic heterocycles. The van der Waals surface area contributed by atoms with Gasteiger partial charge in [0.05, 0.1) is 6.54 Å². The van der Waals surface area contributed by atoms with Crippen molar-refractivity contribution in [1.82, 2.24) is 4.90 Å². The molecule has 2 N–H and O–H groups in total. The first-order valence-corrected chi connectivity index (χ1v) is 3.33. The van der Waals surface area contributed by atoms with Crippen molar-refractivity contribution in [2.45, 2.75) is 12.6 Å². The second-order valence-corrected chi connectivity index (χ2v) is 2.59. The zero-order chi connectivity index (χ0) is 7.56. The van der Waals surface area contributed by atoms with E-state index in [0.717, 1.165) is 0 Å². The molecule has 1 amide bonds. The lowest BCUT2D eigenvalue weighted by atomic mass is 10.3. The molecule has 0 aliphatic carbocycles. The molecule has 3 nitrogen and oxygen atoms in total. The minimum absolute atomic E-state index is 0.195. The van der Waals surface area contributed by atoms with Crippen molar-refractivity contribution in [2.24, 2.45) is 5.73 Å². The van der Waals surface area contributed by atoms with Crippen LogP contribution in [0.5, 0.6) is 0 Å². The van der Waals surface area contributed by atoms with Gasteiger partial charge in [0, 0.05) is 13.1 Å². The summed E-state index contributed by atoms with van der Waals surface area (Å²) in [5, 5.41) is 0. The zero-order valence-corrected chi connectivity index (χ0v) is 5.72. The van der Waals surface area contributed by atoms with Crippen LogP contribution in [0.2, 0.25) is 0 Å². The van der Waals surface area contributed by atoms with Crippen LogP contribution in [0, 0.1) is 0 Å². The maximum atomic E-state index is 12.4. The van der Waals surface area contributed by atoms with Crippen LogP contribution in [0.15, 0.2) is 0 Å². The molecular weight excluding hydrogens is 135 g/mol. The van der Waals surface area contributed by atoms with Crippen LogP contribution in [-0.4, -0.2) is 36.6 Å². The van der Waals surface area contributed by atoms with Gasteiger partial charge in [0.2, 0.25) is 5.91 Å². The van der Waals surface area contributed by atoms with Gasteiger partial charge in [0.25, 0.3) is 0 Å². The normalized spacial score (nSPS) is 27.1. The first kappa shape index (κ1) is 7.47. The smallest absolute Gasteiger partial charge is 0.231 e. The Morgan fingerprint density at radius 3 is 2.90 bits per heavy atom. The monoisotopic (exact) mass is 146 g/mol. The molecule has 0 saturated carbocycles. The number of likely N-dealkylation sites (tertiary alicyclic amines) is 1. The van der Waals surface area contributed by atoms with Crippen LogP contribution in [0.25, 0.3) is 0 Å². The fourth-order valence-electron chi connectivity index (χ4n) is 1.15. The molecule has 1 aliphatic rings. The van der Waals surface area contributed by atoms with Crippen molar-refractivity contribution in [2.75, 3.05) is 19.6 Å². The van der Waals surface area contributed by atoms with Crippen molar-refractivity contribution in [1.29, 1.82) is 0 Å². The van der Waals surface area contributed by atoms with Crippen molar-refractivity contribution in [3.63, 3.8) is 0 Å². The van der Waals surface area contributed by atoms with Gasteiger partial charge in [-0.25, -0.2) is 4.39 Å².